The fraction of sp³-hybridized carbons (Fsp3) is 0.400. The van der Waals surface area contributed by atoms with Gasteiger partial charge >= 0.3 is 0 Å². The number of nitrogens with zero attached hydrogens (tertiary/aromatic N) is 4. The molecule has 2 fully saturated rings. The van der Waals surface area contributed by atoms with Crippen molar-refractivity contribution in [3.8, 4) is 11.4 Å². The normalized spacial score (nSPS) is 19.1. The number of morpholine rings is 1. The third-order valence-electron chi connectivity index (χ3n) is 7.31. The molecule has 0 aliphatic carbocycles. The fourth-order valence-corrected chi connectivity index (χ4v) is 5.23. The van der Waals surface area contributed by atoms with Crippen LogP contribution in [-0.2, 0) is 27.2 Å². The lowest BCUT2D eigenvalue weighted by Crippen LogP contribution is -2.53. The van der Waals surface area contributed by atoms with Crippen LogP contribution in [-0.4, -0.2) is 70.0 Å². The molecule has 7 nitrogen and oxygen atoms in total. The molecule has 5 rings (SSSR count). The van der Waals surface area contributed by atoms with Gasteiger partial charge in [-0.25, -0.2) is 0 Å². The zero-order valence-corrected chi connectivity index (χ0v) is 21.6. The lowest BCUT2D eigenvalue weighted by atomic mass is 10.1. The molecule has 192 valence electrons. The van der Waals surface area contributed by atoms with Crippen LogP contribution in [0.25, 0.3) is 11.4 Å². The maximum absolute atomic E-state index is 13.2. The SMILES string of the molecule is Cc1ccc(CC(=O)N2CC3OCCN(C(=O)CCCc4ccnc(-c5cc(C)ccn5)c4)C3C2)cc1. The Labute approximate surface area is 218 Å². The second kappa shape index (κ2) is 11.2. The first kappa shape index (κ1) is 25.1. The zero-order valence-electron chi connectivity index (χ0n) is 21.6. The van der Waals surface area contributed by atoms with E-state index in [1.165, 1.54) is 5.56 Å². The zero-order chi connectivity index (χ0) is 25.8. The molecule has 2 aliphatic rings. The molecule has 2 atom stereocenters. The molecule has 2 saturated heterocycles. The highest BCUT2D eigenvalue weighted by Crippen LogP contribution is 2.25. The van der Waals surface area contributed by atoms with Gasteiger partial charge in [-0.1, -0.05) is 29.8 Å². The van der Waals surface area contributed by atoms with Crippen LogP contribution >= 0.6 is 0 Å². The standard InChI is InChI=1S/C30H34N4O3/c1-21-6-8-24(9-7-21)18-30(36)33-19-27-28(20-33)37-15-14-34(27)29(35)5-3-4-23-11-13-32-26(17-23)25-16-22(2)10-12-31-25/h6-13,16-17,27-28H,3-5,14-15,18-20H2,1-2H3. The van der Waals surface area contributed by atoms with Crippen LogP contribution in [0.4, 0.5) is 0 Å². The molecule has 3 aromatic rings. The lowest BCUT2D eigenvalue weighted by molar-refractivity contribution is -0.142. The Bertz CT molecular complexity index is 1260. The van der Waals surface area contributed by atoms with E-state index in [1.807, 2.05) is 72.3 Å². The van der Waals surface area contributed by atoms with Crippen LogP contribution in [0.3, 0.4) is 0 Å². The van der Waals surface area contributed by atoms with Gasteiger partial charge in [0.2, 0.25) is 11.8 Å². The largest absolute Gasteiger partial charge is 0.372 e. The van der Waals surface area contributed by atoms with E-state index in [9.17, 15) is 9.59 Å². The Kier molecular flexibility index (Phi) is 7.60. The monoisotopic (exact) mass is 498 g/mol. The van der Waals surface area contributed by atoms with Crippen LogP contribution in [0, 0.1) is 13.8 Å². The summed E-state index contributed by atoms with van der Waals surface area (Å²) in [6, 6.07) is 16.1. The summed E-state index contributed by atoms with van der Waals surface area (Å²) in [5.41, 5.74) is 6.20. The van der Waals surface area contributed by atoms with Crippen LogP contribution in [0.1, 0.15) is 35.1 Å². The summed E-state index contributed by atoms with van der Waals surface area (Å²) in [5, 5.41) is 0. The molecule has 2 aromatic heterocycles. The predicted octanol–water partition coefficient (Wildman–Crippen LogP) is 3.76. The third kappa shape index (κ3) is 6.05. The predicted molar refractivity (Wildman–Crippen MR) is 142 cm³/mol. The molecular weight excluding hydrogens is 464 g/mol. The van der Waals surface area contributed by atoms with Gasteiger partial charge in [0.05, 0.1) is 36.6 Å². The molecule has 2 aliphatic heterocycles. The van der Waals surface area contributed by atoms with E-state index in [2.05, 4.69) is 16.0 Å². The molecule has 1 aromatic carbocycles. The number of ether oxygens (including phenoxy) is 1. The number of benzene rings is 1. The van der Waals surface area contributed by atoms with Crippen molar-refractivity contribution >= 4 is 11.8 Å². The molecule has 0 radical (unpaired) electrons. The fourth-order valence-electron chi connectivity index (χ4n) is 5.23. The van der Waals surface area contributed by atoms with Gasteiger partial charge in [0.25, 0.3) is 0 Å². The van der Waals surface area contributed by atoms with Crippen molar-refractivity contribution in [2.75, 3.05) is 26.2 Å². The van der Waals surface area contributed by atoms with Crippen LogP contribution in [0.5, 0.6) is 0 Å². The average Bonchev–Trinajstić information content (AvgIpc) is 3.35. The van der Waals surface area contributed by atoms with Crippen molar-refractivity contribution in [2.24, 2.45) is 0 Å². The number of rotatable bonds is 7. The van der Waals surface area contributed by atoms with Crippen molar-refractivity contribution in [1.82, 2.24) is 19.8 Å². The van der Waals surface area contributed by atoms with Crippen molar-refractivity contribution in [2.45, 2.75) is 51.7 Å². The van der Waals surface area contributed by atoms with E-state index >= 15 is 0 Å². The van der Waals surface area contributed by atoms with Gasteiger partial charge in [0.15, 0.2) is 0 Å². The average molecular weight is 499 g/mol. The van der Waals surface area contributed by atoms with Crippen molar-refractivity contribution < 1.29 is 14.3 Å². The molecule has 2 amide bonds. The Morgan fingerprint density at radius 2 is 1.65 bits per heavy atom. The lowest BCUT2D eigenvalue weighted by Gasteiger charge is -2.36. The summed E-state index contributed by atoms with van der Waals surface area (Å²) in [4.78, 5) is 38.9. The Morgan fingerprint density at radius 3 is 2.43 bits per heavy atom. The number of aryl methyl sites for hydroxylation is 3. The van der Waals surface area contributed by atoms with E-state index < -0.39 is 0 Å². The first-order chi connectivity index (χ1) is 18.0. The molecule has 0 spiro atoms. The van der Waals surface area contributed by atoms with Gasteiger partial charge in [0, 0.05) is 38.4 Å². The first-order valence-corrected chi connectivity index (χ1v) is 13.1. The summed E-state index contributed by atoms with van der Waals surface area (Å²) in [5.74, 6) is 0.228. The highest BCUT2D eigenvalue weighted by Gasteiger charge is 2.43. The minimum Gasteiger partial charge on any atom is -0.372 e. The van der Waals surface area contributed by atoms with Gasteiger partial charge in [-0.15, -0.1) is 0 Å². The highest BCUT2D eigenvalue weighted by atomic mass is 16.5. The maximum atomic E-state index is 13.2. The maximum Gasteiger partial charge on any atom is 0.227 e. The van der Waals surface area contributed by atoms with Gasteiger partial charge in [-0.05, 0) is 67.6 Å². The van der Waals surface area contributed by atoms with Crippen molar-refractivity contribution in [3.63, 3.8) is 0 Å². The van der Waals surface area contributed by atoms with E-state index in [0.29, 0.717) is 39.1 Å². The molecule has 2 unspecified atom stereocenters. The highest BCUT2D eigenvalue weighted by molar-refractivity contribution is 5.80. The summed E-state index contributed by atoms with van der Waals surface area (Å²) in [6.07, 6.45) is 5.91. The first-order valence-electron chi connectivity index (χ1n) is 13.1. The van der Waals surface area contributed by atoms with Crippen LogP contribution in [0.15, 0.2) is 60.9 Å². The molecule has 4 heterocycles. The number of fused-ring (bicyclic) bond motifs is 1. The molecule has 0 N–H and O–H groups in total. The van der Waals surface area contributed by atoms with Gasteiger partial charge < -0.3 is 14.5 Å². The smallest absolute Gasteiger partial charge is 0.227 e. The summed E-state index contributed by atoms with van der Waals surface area (Å²) in [6.45, 7) is 6.27. The summed E-state index contributed by atoms with van der Waals surface area (Å²) >= 11 is 0. The van der Waals surface area contributed by atoms with E-state index in [4.69, 9.17) is 4.74 Å². The molecule has 0 saturated carbocycles. The van der Waals surface area contributed by atoms with E-state index in [0.717, 1.165) is 40.9 Å². The Hall–Kier alpha value is -3.58. The summed E-state index contributed by atoms with van der Waals surface area (Å²) < 4.78 is 5.97. The number of likely N-dealkylation sites (tertiary alicyclic amines) is 1. The van der Waals surface area contributed by atoms with Crippen LogP contribution in [0.2, 0.25) is 0 Å². The Morgan fingerprint density at radius 1 is 0.892 bits per heavy atom. The minimum absolute atomic E-state index is 0.0665. The van der Waals surface area contributed by atoms with Crippen LogP contribution < -0.4 is 0 Å². The molecule has 37 heavy (non-hydrogen) atoms. The number of hydrogen-bond donors (Lipinski definition) is 0. The quantitative estimate of drug-likeness (QED) is 0.496. The third-order valence-corrected chi connectivity index (χ3v) is 7.31. The van der Waals surface area contributed by atoms with Crippen molar-refractivity contribution in [1.29, 1.82) is 0 Å². The summed E-state index contributed by atoms with van der Waals surface area (Å²) in [7, 11) is 0. The molecule has 7 heteroatoms. The number of pyridine rings is 2. The Balaban J connectivity index is 1.15. The number of carbonyl (C=O) groups is 2. The van der Waals surface area contributed by atoms with E-state index in [1.54, 1.807) is 6.20 Å². The second-order valence-corrected chi connectivity index (χ2v) is 10.1. The van der Waals surface area contributed by atoms with Crippen molar-refractivity contribution in [3.05, 3.63) is 83.2 Å². The minimum atomic E-state index is -0.107. The van der Waals surface area contributed by atoms with Gasteiger partial charge in [-0.2, -0.15) is 0 Å². The number of carbonyl (C=O) groups excluding carboxylic acids is 2. The molecular formula is C30H34N4O3. The topological polar surface area (TPSA) is 75.6 Å². The van der Waals surface area contributed by atoms with E-state index in [-0.39, 0.29) is 24.0 Å². The van der Waals surface area contributed by atoms with Gasteiger partial charge in [0.1, 0.15) is 0 Å². The molecule has 0 bridgehead atoms. The van der Waals surface area contributed by atoms with Gasteiger partial charge in [-0.3, -0.25) is 19.6 Å². The number of aromatic nitrogens is 2. The number of hydrogen-bond acceptors (Lipinski definition) is 5. The number of amides is 2. The second-order valence-electron chi connectivity index (χ2n) is 10.1.